The molecule has 1 atom stereocenters. The molecule has 4 nitrogen and oxygen atoms in total. The van der Waals surface area contributed by atoms with Crippen LogP contribution in [0.15, 0.2) is 18.2 Å². The molecule has 1 aromatic rings. The van der Waals surface area contributed by atoms with Gasteiger partial charge in [-0.05, 0) is 37.3 Å². The predicted octanol–water partition coefficient (Wildman–Crippen LogP) is 1.71. The molecule has 0 amide bonds. The van der Waals surface area contributed by atoms with Crippen LogP contribution in [-0.2, 0) is 4.79 Å². The molecule has 18 heavy (non-hydrogen) atoms. The first-order valence-electron chi connectivity index (χ1n) is 5.84. The number of hydrogen-bond donors (Lipinski definition) is 2. The smallest absolute Gasteiger partial charge is 0.327 e. The lowest BCUT2D eigenvalue weighted by molar-refractivity contribution is -0.145. The zero-order chi connectivity index (χ0) is 13.3. The number of ether oxygens (including phenoxy) is 1. The van der Waals surface area contributed by atoms with Crippen molar-refractivity contribution in [1.82, 2.24) is 0 Å². The monoisotopic (exact) mass is 253 g/mol. The van der Waals surface area contributed by atoms with Crippen LogP contribution >= 0.6 is 0 Å². The van der Waals surface area contributed by atoms with E-state index in [-0.39, 0.29) is 12.5 Å². The number of halogens is 1. The van der Waals surface area contributed by atoms with E-state index < -0.39 is 17.3 Å². The maximum atomic E-state index is 13.1. The van der Waals surface area contributed by atoms with Crippen molar-refractivity contribution in [2.24, 2.45) is 11.7 Å². The molecular formula is C13H16FNO3. The van der Waals surface area contributed by atoms with Crippen LogP contribution in [0.2, 0.25) is 0 Å². The first-order valence-corrected chi connectivity index (χ1v) is 5.84. The Kier molecular flexibility index (Phi) is 3.26. The quantitative estimate of drug-likeness (QED) is 0.837. The van der Waals surface area contributed by atoms with Crippen molar-refractivity contribution < 1.29 is 19.0 Å². The largest absolute Gasteiger partial charge is 0.491 e. The van der Waals surface area contributed by atoms with Gasteiger partial charge in [0.1, 0.15) is 18.2 Å². The van der Waals surface area contributed by atoms with Gasteiger partial charge in [-0.1, -0.05) is 6.07 Å². The molecule has 1 fully saturated rings. The fourth-order valence-electron chi connectivity index (χ4n) is 1.88. The van der Waals surface area contributed by atoms with Gasteiger partial charge in [0.05, 0.1) is 0 Å². The van der Waals surface area contributed by atoms with Crippen molar-refractivity contribution in [3.8, 4) is 5.75 Å². The number of aliphatic carboxylic acids is 1. The van der Waals surface area contributed by atoms with Crippen LogP contribution in [0.4, 0.5) is 4.39 Å². The van der Waals surface area contributed by atoms with E-state index in [2.05, 4.69) is 0 Å². The highest BCUT2D eigenvalue weighted by atomic mass is 19.1. The number of hydrogen-bond acceptors (Lipinski definition) is 3. The van der Waals surface area contributed by atoms with Gasteiger partial charge in [-0.25, -0.2) is 4.39 Å². The number of benzene rings is 1. The fraction of sp³-hybridized carbons (Fsp3) is 0.462. The number of carbonyl (C=O) groups is 1. The number of aryl methyl sites for hydroxylation is 1. The summed E-state index contributed by atoms with van der Waals surface area (Å²) in [5.74, 6) is -1.20. The zero-order valence-corrected chi connectivity index (χ0v) is 10.1. The van der Waals surface area contributed by atoms with E-state index in [1.165, 1.54) is 12.1 Å². The molecule has 0 aliphatic heterocycles. The van der Waals surface area contributed by atoms with Crippen LogP contribution < -0.4 is 10.5 Å². The number of nitrogens with two attached hydrogens (primary N) is 1. The lowest BCUT2D eigenvalue weighted by atomic mass is 9.96. The molecule has 0 spiro atoms. The summed E-state index contributed by atoms with van der Waals surface area (Å²) in [6, 6.07) is 4.15. The molecule has 3 N–H and O–H groups in total. The summed E-state index contributed by atoms with van der Waals surface area (Å²) >= 11 is 0. The van der Waals surface area contributed by atoms with Crippen molar-refractivity contribution in [3.05, 3.63) is 29.6 Å². The summed E-state index contributed by atoms with van der Waals surface area (Å²) in [6.45, 7) is 1.63. The molecule has 98 valence electrons. The predicted molar refractivity (Wildman–Crippen MR) is 63.9 cm³/mol. The van der Waals surface area contributed by atoms with Crippen molar-refractivity contribution in [3.63, 3.8) is 0 Å². The minimum Gasteiger partial charge on any atom is -0.491 e. The number of rotatable bonds is 5. The second-order valence-corrected chi connectivity index (χ2v) is 4.82. The summed E-state index contributed by atoms with van der Waals surface area (Å²) in [6.07, 6.45) is 1.60. The van der Waals surface area contributed by atoms with E-state index in [1.54, 1.807) is 13.0 Å². The van der Waals surface area contributed by atoms with Gasteiger partial charge >= 0.3 is 5.97 Å². The van der Waals surface area contributed by atoms with Crippen LogP contribution in [0.1, 0.15) is 18.4 Å². The summed E-state index contributed by atoms with van der Waals surface area (Å²) in [5.41, 5.74) is 5.24. The Morgan fingerprint density at radius 3 is 2.83 bits per heavy atom. The summed E-state index contributed by atoms with van der Waals surface area (Å²) in [5, 5.41) is 9.17. The fourth-order valence-corrected chi connectivity index (χ4v) is 1.88. The van der Waals surface area contributed by atoms with Gasteiger partial charge in [0, 0.05) is 6.07 Å². The Morgan fingerprint density at radius 1 is 1.61 bits per heavy atom. The van der Waals surface area contributed by atoms with Crippen molar-refractivity contribution in [2.45, 2.75) is 25.3 Å². The first kappa shape index (κ1) is 12.8. The lowest BCUT2D eigenvalue weighted by Crippen LogP contribution is -2.54. The lowest BCUT2D eigenvalue weighted by Gasteiger charge is -2.25. The molecule has 1 aliphatic rings. The van der Waals surface area contributed by atoms with Crippen molar-refractivity contribution >= 4 is 5.97 Å². The standard InChI is InChI=1S/C13H16FNO3/c1-8-2-5-10(14)6-11(8)18-7-13(15,12(16)17)9-3-4-9/h2,5-6,9H,3-4,7,15H2,1H3,(H,16,17). The van der Waals surface area contributed by atoms with E-state index in [9.17, 15) is 9.18 Å². The molecule has 0 radical (unpaired) electrons. The van der Waals surface area contributed by atoms with Gasteiger partial charge in [-0.15, -0.1) is 0 Å². The molecule has 1 aliphatic carbocycles. The topological polar surface area (TPSA) is 72.5 Å². The van der Waals surface area contributed by atoms with Crippen LogP contribution in [0.3, 0.4) is 0 Å². The van der Waals surface area contributed by atoms with Crippen LogP contribution in [0.5, 0.6) is 5.75 Å². The number of carboxylic acid groups (broad SMARTS) is 1. The summed E-state index contributed by atoms with van der Waals surface area (Å²) in [7, 11) is 0. The van der Waals surface area contributed by atoms with Crippen molar-refractivity contribution in [1.29, 1.82) is 0 Å². The Hall–Kier alpha value is -1.62. The average Bonchev–Trinajstić information content (AvgIpc) is 3.14. The second-order valence-electron chi connectivity index (χ2n) is 4.82. The highest BCUT2D eigenvalue weighted by Gasteiger charge is 2.49. The zero-order valence-electron chi connectivity index (χ0n) is 10.1. The van der Waals surface area contributed by atoms with Crippen LogP contribution in [-0.4, -0.2) is 23.2 Å². The molecule has 1 saturated carbocycles. The third-order valence-electron chi connectivity index (χ3n) is 3.32. The molecule has 1 unspecified atom stereocenters. The van der Waals surface area contributed by atoms with Gasteiger partial charge in [-0.3, -0.25) is 4.79 Å². The van der Waals surface area contributed by atoms with Gasteiger partial charge in [-0.2, -0.15) is 0 Å². The molecule has 0 heterocycles. The van der Waals surface area contributed by atoms with E-state index >= 15 is 0 Å². The van der Waals surface area contributed by atoms with Crippen LogP contribution in [0.25, 0.3) is 0 Å². The highest BCUT2D eigenvalue weighted by Crippen LogP contribution is 2.39. The Labute approximate surface area is 105 Å². The second kappa shape index (κ2) is 4.57. The first-order chi connectivity index (χ1) is 8.43. The van der Waals surface area contributed by atoms with Gasteiger partial charge in [0.15, 0.2) is 5.54 Å². The summed E-state index contributed by atoms with van der Waals surface area (Å²) in [4.78, 5) is 11.2. The van der Waals surface area contributed by atoms with Gasteiger partial charge in [0.25, 0.3) is 0 Å². The SMILES string of the molecule is Cc1ccc(F)cc1OCC(N)(C(=O)O)C1CC1. The Morgan fingerprint density at radius 2 is 2.28 bits per heavy atom. The third kappa shape index (κ3) is 2.46. The molecule has 1 aromatic carbocycles. The molecule has 0 saturated heterocycles. The highest BCUT2D eigenvalue weighted by molar-refractivity contribution is 5.79. The molecular weight excluding hydrogens is 237 g/mol. The minimum atomic E-state index is -1.38. The number of carboxylic acids is 1. The van der Waals surface area contributed by atoms with E-state index in [0.29, 0.717) is 5.75 Å². The maximum absolute atomic E-state index is 13.1. The molecule has 5 heteroatoms. The molecule has 2 rings (SSSR count). The third-order valence-corrected chi connectivity index (χ3v) is 3.32. The normalized spacial score (nSPS) is 18.2. The van der Waals surface area contributed by atoms with E-state index in [1.807, 2.05) is 0 Å². The Balaban J connectivity index is 2.10. The average molecular weight is 253 g/mol. The Bertz CT molecular complexity index is 473. The van der Waals surface area contributed by atoms with Gasteiger partial charge in [0.2, 0.25) is 0 Å². The van der Waals surface area contributed by atoms with E-state index in [4.69, 9.17) is 15.6 Å². The van der Waals surface area contributed by atoms with Gasteiger partial charge < -0.3 is 15.6 Å². The van der Waals surface area contributed by atoms with E-state index in [0.717, 1.165) is 18.4 Å². The molecule has 0 aromatic heterocycles. The van der Waals surface area contributed by atoms with Crippen LogP contribution in [0, 0.1) is 18.7 Å². The summed E-state index contributed by atoms with van der Waals surface area (Å²) < 4.78 is 18.5. The molecule has 0 bridgehead atoms. The van der Waals surface area contributed by atoms with Crippen molar-refractivity contribution in [2.75, 3.05) is 6.61 Å². The maximum Gasteiger partial charge on any atom is 0.327 e. The minimum absolute atomic E-state index is 0.0520.